The van der Waals surface area contributed by atoms with Gasteiger partial charge in [-0.3, -0.25) is 9.97 Å². The first-order valence-electron chi connectivity index (χ1n) is 14.8. The van der Waals surface area contributed by atoms with Crippen molar-refractivity contribution in [1.82, 2.24) is 25.3 Å². The minimum atomic E-state index is 0.301. The maximum atomic E-state index is 7.04. The van der Waals surface area contributed by atoms with Crippen molar-refractivity contribution in [2.24, 2.45) is 5.92 Å². The Labute approximate surface area is 267 Å². The van der Waals surface area contributed by atoms with Crippen molar-refractivity contribution in [2.75, 3.05) is 40.6 Å². The molecule has 2 saturated heterocycles. The molecule has 0 amide bonds. The van der Waals surface area contributed by atoms with Gasteiger partial charge in [-0.2, -0.15) is 0 Å². The fourth-order valence-corrected chi connectivity index (χ4v) is 6.29. The van der Waals surface area contributed by atoms with Gasteiger partial charge in [0.1, 0.15) is 11.4 Å². The number of hydrogen-bond donors (Lipinski definition) is 1. The largest absolute Gasteiger partial charge is 0.480 e. The third-order valence-corrected chi connectivity index (χ3v) is 8.96. The summed E-state index contributed by atoms with van der Waals surface area (Å²) >= 11 is 14.1. The smallest absolute Gasteiger partial charge is 0.237 e. The van der Waals surface area contributed by atoms with Crippen molar-refractivity contribution in [1.29, 1.82) is 0 Å². The Balaban J connectivity index is 1.27. The van der Waals surface area contributed by atoms with Gasteiger partial charge in [-0.1, -0.05) is 59.6 Å². The summed E-state index contributed by atoms with van der Waals surface area (Å²) < 4.78 is 22.2. The van der Waals surface area contributed by atoms with Crippen LogP contribution in [0.2, 0.25) is 10.0 Å². The lowest BCUT2D eigenvalue weighted by Gasteiger charge is -2.15. The molecule has 2 aliphatic heterocycles. The second-order valence-corrected chi connectivity index (χ2v) is 11.7. The third-order valence-electron chi connectivity index (χ3n) is 8.15. The van der Waals surface area contributed by atoms with Crippen LogP contribution in [0.4, 0.5) is 0 Å². The molecule has 0 aliphatic carbocycles. The number of nitrogens with zero attached hydrogens (tertiary/aromatic N) is 4. The van der Waals surface area contributed by atoms with Gasteiger partial charge in [0.25, 0.3) is 0 Å². The molecule has 2 aromatic heterocycles. The van der Waals surface area contributed by atoms with Crippen LogP contribution in [0.25, 0.3) is 33.6 Å². The Kier molecular flexibility index (Phi) is 9.88. The fraction of sp³-hybridized carbons (Fsp3) is 0.394. The van der Waals surface area contributed by atoms with E-state index in [1.54, 1.807) is 26.6 Å². The van der Waals surface area contributed by atoms with Gasteiger partial charge >= 0.3 is 0 Å². The fourth-order valence-electron chi connectivity index (χ4n) is 5.64. The zero-order chi connectivity index (χ0) is 30.5. The summed E-state index contributed by atoms with van der Waals surface area (Å²) in [6.07, 6.45) is 7.30. The summed E-state index contributed by atoms with van der Waals surface area (Å²) in [6, 6.07) is 11.9. The number of aromatic nitrogens is 4. The highest BCUT2D eigenvalue weighted by molar-refractivity contribution is 6.39. The maximum absolute atomic E-state index is 7.04. The summed E-state index contributed by atoms with van der Waals surface area (Å²) in [7, 11) is 3.21. The Morgan fingerprint density at radius 2 is 1.34 bits per heavy atom. The Morgan fingerprint density at radius 3 is 1.91 bits per heavy atom. The first-order valence-corrected chi connectivity index (χ1v) is 15.6. The lowest BCUT2D eigenvalue weighted by molar-refractivity contribution is 0.184. The molecule has 6 rings (SSSR count). The quantitative estimate of drug-likeness (QED) is 0.199. The number of hydrogen-bond acceptors (Lipinski definition) is 9. The van der Waals surface area contributed by atoms with Gasteiger partial charge in [-0.25, -0.2) is 9.97 Å². The zero-order valence-corrected chi connectivity index (χ0v) is 26.3. The van der Waals surface area contributed by atoms with E-state index in [1.807, 2.05) is 36.4 Å². The van der Waals surface area contributed by atoms with E-state index in [1.165, 1.54) is 0 Å². The summed E-state index contributed by atoms with van der Waals surface area (Å²) in [5.74, 6) is 1.50. The van der Waals surface area contributed by atoms with Crippen LogP contribution < -0.4 is 14.8 Å². The normalized spacial score (nSPS) is 18.1. The molecule has 4 aromatic rings. The van der Waals surface area contributed by atoms with Crippen LogP contribution in [-0.4, -0.2) is 66.6 Å². The van der Waals surface area contributed by atoms with E-state index in [0.29, 0.717) is 58.3 Å². The molecule has 0 spiro atoms. The summed E-state index contributed by atoms with van der Waals surface area (Å²) in [4.78, 5) is 18.9. The maximum Gasteiger partial charge on any atom is 0.237 e. The van der Waals surface area contributed by atoms with Crippen LogP contribution in [0.15, 0.2) is 48.8 Å². The van der Waals surface area contributed by atoms with Gasteiger partial charge in [0.2, 0.25) is 11.8 Å². The van der Waals surface area contributed by atoms with E-state index in [0.717, 1.165) is 79.1 Å². The lowest BCUT2D eigenvalue weighted by atomic mass is 9.98. The number of halogens is 2. The molecule has 0 radical (unpaired) electrons. The van der Waals surface area contributed by atoms with Crippen LogP contribution in [0.1, 0.15) is 30.7 Å². The van der Waals surface area contributed by atoms with Crippen LogP contribution in [0.3, 0.4) is 0 Å². The third kappa shape index (κ3) is 6.67. The lowest BCUT2D eigenvalue weighted by Crippen LogP contribution is -2.29. The molecule has 2 atom stereocenters. The van der Waals surface area contributed by atoms with Crippen LogP contribution in [-0.2, 0) is 22.4 Å². The van der Waals surface area contributed by atoms with Crippen LogP contribution >= 0.6 is 23.2 Å². The van der Waals surface area contributed by atoms with Crippen LogP contribution in [0.5, 0.6) is 11.8 Å². The highest BCUT2D eigenvalue weighted by atomic mass is 35.5. The van der Waals surface area contributed by atoms with Gasteiger partial charge in [0, 0.05) is 54.7 Å². The van der Waals surface area contributed by atoms with Gasteiger partial charge in [-0.15, -0.1) is 0 Å². The Bertz CT molecular complexity index is 1490. The first kappa shape index (κ1) is 30.7. The first-order chi connectivity index (χ1) is 21.6. The molecular formula is C33H35Cl2N5O4. The predicted molar refractivity (Wildman–Crippen MR) is 170 cm³/mol. The molecular weight excluding hydrogens is 601 g/mol. The molecule has 0 saturated carbocycles. The van der Waals surface area contributed by atoms with E-state index < -0.39 is 0 Å². The van der Waals surface area contributed by atoms with E-state index in [4.69, 9.17) is 57.1 Å². The number of rotatable bonds is 11. The van der Waals surface area contributed by atoms with Gasteiger partial charge in [-0.05, 0) is 31.6 Å². The molecule has 230 valence electrons. The number of nitrogens with one attached hydrogen (secondary N) is 1. The summed E-state index contributed by atoms with van der Waals surface area (Å²) in [5, 5.41) is 4.48. The average Bonchev–Trinajstić information content (AvgIpc) is 3.78. The molecule has 11 heteroatoms. The van der Waals surface area contributed by atoms with Crippen LogP contribution in [0, 0.1) is 5.92 Å². The Hall–Kier alpha value is -3.34. The molecule has 44 heavy (non-hydrogen) atoms. The highest BCUT2D eigenvalue weighted by Crippen LogP contribution is 2.42. The predicted octanol–water partition coefficient (Wildman–Crippen LogP) is 6.44. The Morgan fingerprint density at radius 1 is 0.773 bits per heavy atom. The second-order valence-electron chi connectivity index (χ2n) is 11.0. The van der Waals surface area contributed by atoms with E-state index >= 15 is 0 Å². The number of methoxy groups -OCH3 is 2. The van der Waals surface area contributed by atoms with Crippen molar-refractivity contribution in [3.05, 3.63) is 70.2 Å². The SMILES string of the molecule is COc1nc(-c2cccc(-c3cccc(-c4cnc(CN[C@@H]5CCOC5)c(OC)n4)c3Cl)c2Cl)cnc1CC[C@@H]1CCOC1. The molecule has 1 N–H and O–H groups in total. The summed E-state index contributed by atoms with van der Waals surface area (Å²) in [5.41, 5.74) is 5.76. The van der Waals surface area contributed by atoms with Gasteiger partial charge < -0.3 is 24.3 Å². The molecule has 0 unspecified atom stereocenters. The van der Waals surface area contributed by atoms with Gasteiger partial charge in [0.15, 0.2) is 0 Å². The van der Waals surface area contributed by atoms with Crippen molar-refractivity contribution < 1.29 is 18.9 Å². The number of ether oxygens (including phenoxy) is 4. The van der Waals surface area contributed by atoms with Gasteiger partial charge in [0.05, 0.1) is 54.7 Å². The van der Waals surface area contributed by atoms with E-state index in [2.05, 4.69) is 10.3 Å². The number of benzene rings is 2. The molecule has 2 aliphatic rings. The minimum Gasteiger partial charge on any atom is -0.480 e. The highest BCUT2D eigenvalue weighted by Gasteiger charge is 2.21. The van der Waals surface area contributed by atoms with E-state index in [-0.39, 0.29) is 0 Å². The monoisotopic (exact) mass is 635 g/mol. The molecule has 2 aromatic carbocycles. The second kappa shape index (κ2) is 14.2. The zero-order valence-electron chi connectivity index (χ0n) is 24.8. The van der Waals surface area contributed by atoms with Crippen molar-refractivity contribution in [3.63, 3.8) is 0 Å². The number of aryl methyl sites for hydroxylation is 1. The standard InChI is InChI=1S/C33H35Cl2N5O4/c1-41-32-26(10-9-20-11-13-43-18-20)37-15-27(39-32)24-7-3-5-22(30(24)34)23-6-4-8-25(31(23)35)28-16-38-29(33(40-28)42-2)17-36-21-12-14-44-19-21/h3-8,15-16,20-21,36H,9-14,17-19H2,1-2H3/t20-,21-/m1/s1. The summed E-state index contributed by atoms with van der Waals surface area (Å²) in [6.45, 7) is 3.63. The molecule has 2 fully saturated rings. The van der Waals surface area contributed by atoms with Crippen molar-refractivity contribution >= 4 is 23.2 Å². The molecule has 0 bridgehead atoms. The van der Waals surface area contributed by atoms with Crippen molar-refractivity contribution in [3.8, 4) is 45.4 Å². The molecule has 4 heterocycles. The average molecular weight is 637 g/mol. The minimum absolute atomic E-state index is 0.301. The topological polar surface area (TPSA) is 101 Å². The van der Waals surface area contributed by atoms with E-state index in [9.17, 15) is 0 Å². The van der Waals surface area contributed by atoms with Crippen molar-refractivity contribution in [2.45, 2.75) is 38.3 Å². The molecule has 9 nitrogen and oxygen atoms in total.